The highest BCUT2D eigenvalue weighted by molar-refractivity contribution is 7.71. The molecule has 0 saturated carbocycles. The van der Waals surface area contributed by atoms with Crippen LogP contribution in [0.4, 0.5) is 5.82 Å². The number of hydrogen-bond donors (Lipinski definition) is 3. The first-order chi connectivity index (χ1) is 7.66. The summed E-state index contributed by atoms with van der Waals surface area (Å²) in [6.07, 6.45) is 3.70. The van der Waals surface area contributed by atoms with E-state index in [4.69, 9.17) is 12.2 Å². The van der Waals surface area contributed by atoms with Crippen molar-refractivity contribution in [1.29, 1.82) is 0 Å². The van der Waals surface area contributed by atoms with E-state index in [1.807, 2.05) is 0 Å². The van der Waals surface area contributed by atoms with Gasteiger partial charge in [-0.3, -0.25) is 0 Å². The Morgan fingerprint density at radius 3 is 3.12 bits per heavy atom. The van der Waals surface area contributed by atoms with Crippen LogP contribution in [0, 0.1) is 4.77 Å². The number of anilines is 1. The quantitative estimate of drug-likeness (QED) is 0.564. The van der Waals surface area contributed by atoms with Crippen LogP contribution in [0.5, 0.6) is 0 Å². The summed E-state index contributed by atoms with van der Waals surface area (Å²) in [6.45, 7) is 4.83. The molecule has 0 amide bonds. The zero-order valence-electron chi connectivity index (χ0n) is 9.16. The molecule has 16 heavy (non-hydrogen) atoms. The molecule has 2 aromatic heterocycles. The van der Waals surface area contributed by atoms with Crippen molar-refractivity contribution in [2.75, 3.05) is 11.9 Å². The fraction of sp³-hybridized carbons (Fsp3) is 0.300. The van der Waals surface area contributed by atoms with Gasteiger partial charge in [-0.25, -0.2) is 9.97 Å². The summed E-state index contributed by atoms with van der Waals surface area (Å²) in [6, 6.07) is 0. The number of H-pyrrole nitrogens is 2. The molecule has 5 nitrogen and oxygen atoms in total. The van der Waals surface area contributed by atoms with Crippen molar-refractivity contribution < 1.29 is 0 Å². The molecule has 3 N–H and O–H groups in total. The SMILES string of the molecule is CC(C)=CCNc1nc(=S)[nH]c2nc[nH]c12. The van der Waals surface area contributed by atoms with Gasteiger partial charge in [0.15, 0.2) is 11.5 Å². The van der Waals surface area contributed by atoms with Gasteiger partial charge < -0.3 is 15.3 Å². The second kappa shape index (κ2) is 4.44. The summed E-state index contributed by atoms with van der Waals surface area (Å²) < 4.78 is 0.430. The average molecular weight is 235 g/mol. The maximum Gasteiger partial charge on any atom is 0.200 e. The molecule has 0 unspecified atom stereocenters. The summed E-state index contributed by atoms with van der Waals surface area (Å²) in [7, 11) is 0. The van der Waals surface area contributed by atoms with Gasteiger partial charge in [0.2, 0.25) is 4.77 Å². The van der Waals surface area contributed by atoms with Crippen LogP contribution in [0.15, 0.2) is 18.0 Å². The molecule has 2 heterocycles. The van der Waals surface area contributed by atoms with Gasteiger partial charge in [0.05, 0.1) is 6.33 Å². The van der Waals surface area contributed by atoms with Gasteiger partial charge in [-0.2, -0.15) is 0 Å². The first-order valence-electron chi connectivity index (χ1n) is 4.97. The minimum absolute atomic E-state index is 0.430. The molecule has 6 heteroatoms. The lowest BCUT2D eigenvalue weighted by molar-refractivity contribution is 1.14. The number of allylic oxidation sites excluding steroid dienone is 1. The van der Waals surface area contributed by atoms with Crippen LogP contribution in [-0.2, 0) is 0 Å². The van der Waals surface area contributed by atoms with E-state index < -0.39 is 0 Å². The standard InChI is InChI=1S/C10H13N5S/c1-6(2)3-4-11-8-7-9(13-5-12-7)15-10(16)14-8/h3,5H,4H2,1-2H3,(H3,11,12,13,14,15,16). The second-order valence-electron chi connectivity index (χ2n) is 3.68. The second-order valence-corrected chi connectivity index (χ2v) is 4.07. The predicted octanol–water partition coefficient (Wildman–Crippen LogP) is 2.39. The molecule has 0 aliphatic heterocycles. The number of hydrogen-bond acceptors (Lipinski definition) is 4. The molecule has 0 spiro atoms. The van der Waals surface area contributed by atoms with Gasteiger partial charge in [0.1, 0.15) is 5.52 Å². The third kappa shape index (κ3) is 2.27. The maximum atomic E-state index is 5.02. The summed E-state index contributed by atoms with van der Waals surface area (Å²) in [5.41, 5.74) is 2.82. The van der Waals surface area contributed by atoms with Crippen molar-refractivity contribution in [3.63, 3.8) is 0 Å². The topological polar surface area (TPSA) is 69.4 Å². The molecule has 0 aliphatic carbocycles. The maximum absolute atomic E-state index is 5.02. The van der Waals surface area contributed by atoms with E-state index in [2.05, 4.69) is 45.2 Å². The smallest absolute Gasteiger partial charge is 0.200 e. The van der Waals surface area contributed by atoms with Crippen LogP contribution in [-0.4, -0.2) is 26.5 Å². The van der Waals surface area contributed by atoms with E-state index in [1.165, 1.54) is 5.57 Å². The van der Waals surface area contributed by atoms with Crippen molar-refractivity contribution >= 4 is 29.2 Å². The van der Waals surface area contributed by atoms with Gasteiger partial charge in [0.25, 0.3) is 0 Å². The normalized spacial score (nSPS) is 10.4. The van der Waals surface area contributed by atoms with Crippen LogP contribution >= 0.6 is 12.2 Å². The molecule has 84 valence electrons. The molecule has 2 aromatic rings. The van der Waals surface area contributed by atoms with Crippen molar-refractivity contribution in [3.8, 4) is 0 Å². The number of aromatic amines is 2. The summed E-state index contributed by atoms with van der Waals surface area (Å²) >= 11 is 5.02. The first-order valence-corrected chi connectivity index (χ1v) is 5.38. The molecule has 0 bridgehead atoms. The van der Waals surface area contributed by atoms with Crippen LogP contribution in [0.25, 0.3) is 11.2 Å². The summed E-state index contributed by atoms with van der Waals surface area (Å²) in [5.74, 6) is 0.730. The Hall–Kier alpha value is -1.69. The molecule has 0 saturated heterocycles. The Kier molecular flexibility index (Phi) is 3.00. The molecule has 0 aromatic carbocycles. The summed E-state index contributed by atoms with van der Waals surface area (Å²) in [5, 5.41) is 3.20. The van der Waals surface area contributed by atoms with Crippen LogP contribution in [0.2, 0.25) is 0 Å². The van der Waals surface area contributed by atoms with Crippen LogP contribution in [0.3, 0.4) is 0 Å². The molecule has 0 fully saturated rings. The lowest BCUT2D eigenvalue weighted by Gasteiger charge is -2.03. The number of imidazole rings is 1. The van der Waals surface area contributed by atoms with Gasteiger partial charge in [-0.1, -0.05) is 11.6 Å². The van der Waals surface area contributed by atoms with Gasteiger partial charge in [-0.05, 0) is 26.1 Å². The van der Waals surface area contributed by atoms with E-state index >= 15 is 0 Å². The highest BCUT2D eigenvalue weighted by Gasteiger charge is 2.04. The fourth-order valence-electron chi connectivity index (χ4n) is 1.34. The number of fused-ring (bicyclic) bond motifs is 1. The largest absolute Gasteiger partial charge is 0.365 e. The predicted molar refractivity (Wildman–Crippen MR) is 67.0 cm³/mol. The highest BCUT2D eigenvalue weighted by Crippen LogP contribution is 2.14. The van der Waals surface area contributed by atoms with E-state index in [0.717, 1.165) is 23.5 Å². The Balaban J connectivity index is 2.32. The Labute approximate surface area is 98.0 Å². The van der Waals surface area contributed by atoms with E-state index in [9.17, 15) is 0 Å². The lowest BCUT2D eigenvalue weighted by Crippen LogP contribution is -2.03. The average Bonchev–Trinajstić information content (AvgIpc) is 2.64. The minimum atomic E-state index is 0.430. The van der Waals surface area contributed by atoms with Crippen molar-refractivity contribution in [1.82, 2.24) is 19.9 Å². The molecule has 0 aliphatic rings. The number of nitrogens with zero attached hydrogens (tertiary/aromatic N) is 2. The monoisotopic (exact) mass is 235 g/mol. The van der Waals surface area contributed by atoms with Crippen molar-refractivity contribution in [2.45, 2.75) is 13.8 Å². The first kappa shape index (κ1) is 10.8. The minimum Gasteiger partial charge on any atom is -0.365 e. The third-order valence-electron chi connectivity index (χ3n) is 2.09. The van der Waals surface area contributed by atoms with E-state index in [-0.39, 0.29) is 0 Å². The molecule has 0 radical (unpaired) electrons. The zero-order chi connectivity index (χ0) is 11.5. The Morgan fingerprint density at radius 1 is 1.56 bits per heavy atom. The number of nitrogens with one attached hydrogen (secondary N) is 3. The lowest BCUT2D eigenvalue weighted by atomic mass is 10.3. The molecule has 2 rings (SSSR count). The third-order valence-corrected chi connectivity index (χ3v) is 2.29. The van der Waals surface area contributed by atoms with E-state index in [1.54, 1.807) is 6.33 Å². The van der Waals surface area contributed by atoms with Gasteiger partial charge >= 0.3 is 0 Å². The number of rotatable bonds is 3. The fourth-order valence-corrected chi connectivity index (χ4v) is 1.52. The zero-order valence-corrected chi connectivity index (χ0v) is 9.98. The summed E-state index contributed by atoms with van der Waals surface area (Å²) in [4.78, 5) is 14.3. The Morgan fingerprint density at radius 2 is 2.38 bits per heavy atom. The Bertz CT molecular complexity index is 576. The molecule has 0 atom stereocenters. The molecular weight excluding hydrogens is 222 g/mol. The van der Waals surface area contributed by atoms with E-state index in [0.29, 0.717) is 4.77 Å². The van der Waals surface area contributed by atoms with Crippen LogP contribution in [0.1, 0.15) is 13.8 Å². The van der Waals surface area contributed by atoms with Crippen molar-refractivity contribution in [3.05, 3.63) is 22.7 Å². The van der Waals surface area contributed by atoms with Gasteiger partial charge in [-0.15, -0.1) is 0 Å². The van der Waals surface area contributed by atoms with Crippen molar-refractivity contribution in [2.24, 2.45) is 0 Å². The number of aromatic nitrogens is 4. The molecular formula is C10H13N5S. The van der Waals surface area contributed by atoms with Crippen LogP contribution < -0.4 is 5.32 Å². The highest BCUT2D eigenvalue weighted by atomic mass is 32.1. The van der Waals surface area contributed by atoms with Gasteiger partial charge in [0, 0.05) is 6.54 Å².